The number of rotatable bonds is 14. The fourth-order valence-electron chi connectivity index (χ4n) is 7.05. The maximum absolute atomic E-state index is 14.5. The number of nitrogens with zero attached hydrogens (tertiary/aromatic N) is 1. The van der Waals surface area contributed by atoms with Crippen molar-refractivity contribution in [3.05, 3.63) is 22.4 Å². The minimum Gasteiger partial charge on any atom is -0.363 e. The normalized spacial score (nSPS) is 22.0. The van der Waals surface area contributed by atoms with E-state index < -0.39 is 58.6 Å². The molecule has 0 spiro atoms. The van der Waals surface area contributed by atoms with Gasteiger partial charge in [0.05, 0.1) is 12.6 Å². The molecule has 12 nitrogen and oxygen atoms in total. The van der Waals surface area contributed by atoms with Gasteiger partial charge in [-0.1, -0.05) is 86.1 Å². The summed E-state index contributed by atoms with van der Waals surface area (Å²) in [6, 6.07) is 0.254. The Kier molecular flexibility index (Phi) is 12.2. The number of hydrogen-bond donors (Lipinski definition) is 5. The van der Waals surface area contributed by atoms with Gasteiger partial charge >= 0.3 is 6.03 Å². The highest BCUT2D eigenvalue weighted by molar-refractivity contribution is 7.09. The summed E-state index contributed by atoms with van der Waals surface area (Å²) < 4.78 is 0. The molecule has 6 amide bonds. The molecule has 2 saturated carbocycles. The van der Waals surface area contributed by atoms with E-state index in [0.717, 1.165) is 43.4 Å². The van der Waals surface area contributed by atoms with E-state index in [1.165, 1.54) is 4.90 Å². The van der Waals surface area contributed by atoms with Crippen molar-refractivity contribution in [1.82, 2.24) is 26.2 Å². The first-order valence-electron chi connectivity index (χ1n) is 17.8. The number of urea groups is 1. The van der Waals surface area contributed by atoms with E-state index in [9.17, 15) is 28.8 Å². The number of amides is 6. The molecule has 13 heteroatoms. The predicted molar refractivity (Wildman–Crippen MR) is 188 cm³/mol. The number of primary amides is 1. The van der Waals surface area contributed by atoms with Crippen molar-refractivity contribution in [2.24, 2.45) is 28.4 Å². The van der Waals surface area contributed by atoms with Crippen LogP contribution in [0.2, 0.25) is 0 Å². The molecule has 2 heterocycles. The summed E-state index contributed by atoms with van der Waals surface area (Å²) in [4.78, 5) is 82.9. The number of thiophene rings is 1. The molecule has 1 aliphatic heterocycles. The van der Waals surface area contributed by atoms with Gasteiger partial charge in [-0.2, -0.15) is 0 Å². The molecule has 2 aliphatic carbocycles. The van der Waals surface area contributed by atoms with E-state index in [1.807, 2.05) is 38.3 Å². The van der Waals surface area contributed by atoms with Gasteiger partial charge in [0.2, 0.25) is 23.5 Å². The molecule has 0 bridgehead atoms. The fraction of sp³-hybridized carbons (Fsp3) is 0.722. The Hall–Kier alpha value is -3.48. The van der Waals surface area contributed by atoms with E-state index in [0.29, 0.717) is 38.8 Å². The average molecular weight is 701 g/mol. The molecule has 4 atom stereocenters. The Labute approximate surface area is 294 Å². The van der Waals surface area contributed by atoms with Crippen LogP contribution in [0.5, 0.6) is 0 Å². The van der Waals surface area contributed by atoms with E-state index in [1.54, 1.807) is 11.3 Å². The highest BCUT2D eigenvalue weighted by Gasteiger charge is 2.49. The third-order valence-electron chi connectivity index (χ3n) is 10.9. The molecule has 0 radical (unpaired) electrons. The van der Waals surface area contributed by atoms with Crippen molar-refractivity contribution in [3.63, 3.8) is 0 Å². The van der Waals surface area contributed by atoms with Crippen LogP contribution in [0, 0.1) is 22.7 Å². The minimum atomic E-state index is -1.11. The van der Waals surface area contributed by atoms with Gasteiger partial charge in [-0.15, -0.1) is 11.3 Å². The zero-order valence-electron chi connectivity index (χ0n) is 30.0. The average Bonchev–Trinajstić information content (AvgIpc) is 3.49. The lowest BCUT2D eigenvalue weighted by molar-refractivity contribution is -0.143. The highest BCUT2D eigenvalue weighted by atomic mass is 32.1. The maximum Gasteiger partial charge on any atom is 0.316 e. The summed E-state index contributed by atoms with van der Waals surface area (Å²) >= 11 is 1.54. The van der Waals surface area contributed by atoms with Crippen molar-refractivity contribution in [3.8, 4) is 0 Å². The molecule has 4 rings (SSSR count). The van der Waals surface area contributed by atoms with Crippen LogP contribution in [0.15, 0.2) is 17.5 Å². The van der Waals surface area contributed by atoms with Gasteiger partial charge < -0.3 is 31.9 Å². The predicted octanol–water partition coefficient (Wildman–Crippen LogP) is 3.77. The molecule has 272 valence electrons. The first kappa shape index (κ1) is 38.3. The van der Waals surface area contributed by atoms with Crippen molar-refractivity contribution in [1.29, 1.82) is 0 Å². The lowest BCUT2D eigenvalue weighted by atomic mass is 9.75. The van der Waals surface area contributed by atoms with Crippen LogP contribution < -0.4 is 27.0 Å². The number of carbonyl (C=O) groups is 6. The summed E-state index contributed by atoms with van der Waals surface area (Å²) in [5.41, 5.74) is 3.26. The minimum absolute atomic E-state index is 0.0297. The van der Waals surface area contributed by atoms with Gasteiger partial charge in [0, 0.05) is 11.4 Å². The van der Waals surface area contributed by atoms with Gasteiger partial charge in [0.15, 0.2) is 0 Å². The van der Waals surface area contributed by atoms with Gasteiger partial charge in [-0.05, 0) is 59.8 Å². The van der Waals surface area contributed by atoms with Crippen molar-refractivity contribution in [2.75, 3.05) is 6.54 Å². The summed E-state index contributed by atoms with van der Waals surface area (Å²) in [5, 5.41) is 13.6. The molecule has 1 saturated heterocycles. The van der Waals surface area contributed by atoms with Crippen LogP contribution in [0.1, 0.15) is 111 Å². The summed E-state index contributed by atoms with van der Waals surface area (Å²) in [6.45, 7) is 12.5. The first-order chi connectivity index (χ1) is 23.0. The van der Waals surface area contributed by atoms with Gasteiger partial charge in [0.1, 0.15) is 17.6 Å². The third-order valence-corrected chi connectivity index (χ3v) is 11.8. The van der Waals surface area contributed by atoms with Crippen LogP contribution in [0.25, 0.3) is 0 Å². The Morgan fingerprint density at radius 3 is 2.24 bits per heavy atom. The zero-order chi connectivity index (χ0) is 36.1. The van der Waals surface area contributed by atoms with Crippen molar-refractivity contribution >= 4 is 46.8 Å². The SMILES string of the molecule is CCC(C)(C)[C@@H]1C[C@@H](C(=O)NC(CC2CC2)C(=O)C(N)=O)N(C(=O)[C@@H](NC(=O)NC2(C(=O)NCc3cccs3)CCCCC2)C(C)(C)C)C1. The molecule has 49 heavy (non-hydrogen) atoms. The lowest BCUT2D eigenvalue weighted by Crippen LogP contribution is -2.65. The zero-order valence-corrected chi connectivity index (χ0v) is 30.8. The van der Waals surface area contributed by atoms with Crippen LogP contribution >= 0.6 is 11.3 Å². The second-order valence-corrected chi connectivity index (χ2v) is 17.1. The summed E-state index contributed by atoms with van der Waals surface area (Å²) in [5.74, 6) is -2.92. The van der Waals surface area contributed by atoms with Gasteiger partial charge in [0.25, 0.3) is 5.91 Å². The molecular weight excluding hydrogens is 644 g/mol. The Morgan fingerprint density at radius 1 is 1.02 bits per heavy atom. The smallest absolute Gasteiger partial charge is 0.316 e. The quantitative estimate of drug-likeness (QED) is 0.184. The van der Waals surface area contributed by atoms with Crippen LogP contribution in [0.4, 0.5) is 4.79 Å². The number of hydrogen-bond acceptors (Lipinski definition) is 7. The van der Waals surface area contributed by atoms with Crippen molar-refractivity contribution < 1.29 is 28.8 Å². The van der Waals surface area contributed by atoms with Gasteiger partial charge in [-0.25, -0.2) is 4.79 Å². The second kappa shape index (κ2) is 15.6. The molecular formula is C36H56N6O6S. The molecule has 6 N–H and O–H groups in total. The molecule has 3 fully saturated rings. The van der Waals surface area contributed by atoms with Crippen molar-refractivity contribution in [2.45, 2.75) is 136 Å². The van der Waals surface area contributed by atoms with Crippen LogP contribution in [-0.4, -0.2) is 70.6 Å². The van der Waals surface area contributed by atoms with Crippen LogP contribution in [0.3, 0.4) is 0 Å². The summed E-state index contributed by atoms with van der Waals surface area (Å²) in [6.07, 6.45) is 6.85. The number of ketones is 1. The standard InChI is InChI=1S/C36H56N6O6S/c1-7-35(5,6)23-19-26(30(45)39-25(18-22-13-14-22)27(43)29(37)44)42(21-23)31(46)28(34(2,3)4)40-33(48)41-36(15-9-8-10-16-36)32(47)38-20-24-12-11-17-49-24/h11-12,17,22-23,25-26,28H,7-10,13-16,18-21H2,1-6H3,(H2,37,44)(H,38,47)(H,39,45)(H2,40,41,48)/t23-,25?,26+,28-/m1/s1. The number of carbonyl (C=O) groups excluding carboxylic acids is 6. The highest BCUT2D eigenvalue weighted by Crippen LogP contribution is 2.41. The Morgan fingerprint density at radius 2 is 1.69 bits per heavy atom. The lowest BCUT2D eigenvalue weighted by Gasteiger charge is -2.39. The molecule has 3 aliphatic rings. The number of nitrogens with two attached hydrogens (primary N) is 1. The van der Waals surface area contributed by atoms with E-state index in [2.05, 4.69) is 42.0 Å². The van der Waals surface area contributed by atoms with E-state index in [4.69, 9.17) is 5.73 Å². The molecule has 0 aromatic carbocycles. The Balaban J connectivity index is 1.55. The first-order valence-corrected chi connectivity index (χ1v) is 18.7. The number of Topliss-reactive ketones (excluding diaryl/α,β-unsaturated/α-hetero) is 1. The van der Waals surface area contributed by atoms with E-state index in [-0.39, 0.29) is 23.2 Å². The topological polar surface area (TPSA) is 180 Å². The number of nitrogens with one attached hydrogen (secondary N) is 4. The second-order valence-electron chi connectivity index (χ2n) is 16.1. The molecule has 1 aromatic heterocycles. The molecule has 1 aromatic rings. The third kappa shape index (κ3) is 9.61. The van der Waals surface area contributed by atoms with E-state index >= 15 is 0 Å². The van der Waals surface area contributed by atoms with Gasteiger partial charge in [-0.3, -0.25) is 24.0 Å². The Bertz CT molecular complexity index is 1380. The summed E-state index contributed by atoms with van der Waals surface area (Å²) in [7, 11) is 0. The van der Waals surface area contributed by atoms with Crippen LogP contribution in [-0.2, 0) is 30.5 Å². The maximum atomic E-state index is 14.5. The molecule has 1 unspecified atom stereocenters. The largest absolute Gasteiger partial charge is 0.363 e. The monoisotopic (exact) mass is 700 g/mol. The number of likely N-dealkylation sites (tertiary alicyclic amines) is 1. The fourth-order valence-corrected chi connectivity index (χ4v) is 7.70.